The van der Waals surface area contributed by atoms with Crippen molar-refractivity contribution >= 4 is 5.78 Å². The molecule has 1 unspecified atom stereocenters. The fourth-order valence-electron chi connectivity index (χ4n) is 1.47. The van der Waals surface area contributed by atoms with Gasteiger partial charge in [0.1, 0.15) is 0 Å². The van der Waals surface area contributed by atoms with E-state index in [0.717, 1.165) is 18.5 Å². The zero-order valence-electron chi connectivity index (χ0n) is 8.79. The van der Waals surface area contributed by atoms with Gasteiger partial charge in [0, 0.05) is 5.56 Å². The molecule has 0 aliphatic heterocycles. The summed E-state index contributed by atoms with van der Waals surface area (Å²) in [6, 6.07) is 9.40. The average molecular weight is 191 g/mol. The lowest BCUT2D eigenvalue weighted by molar-refractivity contribution is 0.0941. The Morgan fingerprint density at radius 1 is 1.29 bits per heavy atom. The highest BCUT2D eigenvalue weighted by molar-refractivity contribution is 6.00. The normalized spacial score (nSPS) is 12.4. The number of nitrogens with one attached hydrogen (secondary N) is 1. The number of rotatable bonds is 5. The Hall–Kier alpha value is -1.15. The largest absolute Gasteiger partial charge is 0.307 e. The van der Waals surface area contributed by atoms with E-state index in [2.05, 4.69) is 5.32 Å². The van der Waals surface area contributed by atoms with Gasteiger partial charge in [0.05, 0.1) is 6.04 Å². The first kappa shape index (κ1) is 10.9. The van der Waals surface area contributed by atoms with Crippen LogP contribution in [0.2, 0.25) is 0 Å². The molecular weight excluding hydrogens is 174 g/mol. The van der Waals surface area contributed by atoms with Gasteiger partial charge in [-0.2, -0.15) is 0 Å². The van der Waals surface area contributed by atoms with Gasteiger partial charge in [0.2, 0.25) is 0 Å². The molecule has 0 bridgehead atoms. The summed E-state index contributed by atoms with van der Waals surface area (Å²) in [7, 11) is 0. The lowest BCUT2D eigenvalue weighted by atomic mass is 10.0. The van der Waals surface area contributed by atoms with E-state index < -0.39 is 0 Å². The maximum absolute atomic E-state index is 11.9. The summed E-state index contributed by atoms with van der Waals surface area (Å²) in [6.45, 7) is 4.87. The number of Topliss-reactive ketones (excluding diaryl/α,β-unsaturated/α-hetero) is 1. The molecule has 1 aromatic carbocycles. The van der Waals surface area contributed by atoms with Gasteiger partial charge in [0.15, 0.2) is 5.78 Å². The smallest absolute Gasteiger partial charge is 0.179 e. The van der Waals surface area contributed by atoms with Crippen molar-refractivity contribution in [3.63, 3.8) is 0 Å². The highest BCUT2D eigenvalue weighted by atomic mass is 16.1. The van der Waals surface area contributed by atoms with Crippen LogP contribution in [0, 0.1) is 0 Å². The quantitative estimate of drug-likeness (QED) is 0.723. The summed E-state index contributed by atoms with van der Waals surface area (Å²) in [6.07, 6.45) is 0.835. The maximum atomic E-state index is 11.9. The molecule has 0 spiro atoms. The topological polar surface area (TPSA) is 29.1 Å². The van der Waals surface area contributed by atoms with Crippen molar-refractivity contribution in [1.82, 2.24) is 5.32 Å². The van der Waals surface area contributed by atoms with E-state index in [0.29, 0.717) is 0 Å². The van der Waals surface area contributed by atoms with Gasteiger partial charge in [-0.05, 0) is 13.0 Å². The van der Waals surface area contributed by atoms with E-state index in [1.165, 1.54) is 0 Å². The molecule has 76 valence electrons. The van der Waals surface area contributed by atoms with E-state index in [9.17, 15) is 4.79 Å². The molecule has 1 atom stereocenters. The summed E-state index contributed by atoms with van der Waals surface area (Å²) >= 11 is 0. The second-order valence-electron chi connectivity index (χ2n) is 3.25. The first-order chi connectivity index (χ1) is 6.79. The van der Waals surface area contributed by atoms with E-state index in [1.54, 1.807) is 0 Å². The van der Waals surface area contributed by atoms with Crippen LogP contribution in [0.1, 0.15) is 30.6 Å². The molecule has 2 nitrogen and oxygen atoms in total. The summed E-state index contributed by atoms with van der Waals surface area (Å²) in [5.41, 5.74) is 0.792. The Bertz CT molecular complexity index is 282. The molecule has 1 rings (SSSR count). The summed E-state index contributed by atoms with van der Waals surface area (Å²) in [5, 5.41) is 3.18. The first-order valence-corrected chi connectivity index (χ1v) is 5.12. The van der Waals surface area contributed by atoms with Gasteiger partial charge in [-0.1, -0.05) is 44.2 Å². The van der Waals surface area contributed by atoms with Crippen molar-refractivity contribution in [3.05, 3.63) is 35.9 Å². The lowest BCUT2D eigenvalue weighted by Gasteiger charge is -2.14. The van der Waals surface area contributed by atoms with Crippen molar-refractivity contribution in [2.45, 2.75) is 26.3 Å². The van der Waals surface area contributed by atoms with Crippen LogP contribution in [0.4, 0.5) is 0 Å². The van der Waals surface area contributed by atoms with Crippen molar-refractivity contribution in [2.75, 3.05) is 6.54 Å². The molecule has 0 heterocycles. The zero-order chi connectivity index (χ0) is 10.4. The van der Waals surface area contributed by atoms with Crippen LogP contribution in [0.15, 0.2) is 30.3 Å². The Balaban J connectivity index is 2.73. The predicted octanol–water partition coefficient (Wildman–Crippen LogP) is 2.26. The number of carbonyl (C=O) groups is 1. The number of hydrogen-bond acceptors (Lipinski definition) is 2. The second-order valence-corrected chi connectivity index (χ2v) is 3.25. The number of carbonyl (C=O) groups excluding carboxylic acids is 1. The predicted molar refractivity (Wildman–Crippen MR) is 58.5 cm³/mol. The Morgan fingerprint density at radius 2 is 1.93 bits per heavy atom. The van der Waals surface area contributed by atoms with E-state index in [-0.39, 0.29) is 11.8 Å². The highest BCUT2D eigenvalue weighted by Gasteiger charge is 2.15. The molecule has 0 amide bonds. The van der Waals surface area contributed by atoms with Crippen molar-refractivity contribution in [1.29, 1.82) is 0 Å². The number of likely N-dealkylation sites (N-methyl/N-ethyl adjacent to an activating group) is 1. The molecule has 14 heavy (non-hydrogen) atoms. The number of hydrogen-bond donors (Lipinski definition) is 1. The fraction of sp³-hybridized carbons (Fsp3) is 0.417. The van der Waals surface area contributed by atoms with Crippen molar-refractivity contribution in [3.8, 4) is 0 Å². The maximum Gasteiger partial charge on any atom is 0.179 e. The van der Waals surface area contributed by atoms with Gasteiger partial charge >= 0.3 is 0 Å². The molecule has 2 heteroatoms. The van der Waals surface area contributed by atoms with Gasteiger partial charge < -0.3 is 5.32 Å². The van der Waals surface area contributed by atoms with Crippen LogP contribution >= 0.6 is 0 Å². The van der Waals surface area contributed by atoms with Crippen LogP contribution in [-0.4, -0.2) is 18.4 Å². The molecule has 0 aromatic heterocycles. The molecule has 0 aliphatic rings. The highest BCUT2D eigenvalue weighted by Crippen LogP contribution is 2.05. The molecular formula is C12H17NO. The SMILES string of the molecule is CCNC(CC)C(=O)c1ccccc1. The lowest BCUT2D eigenvalue weighted by Crippen LogP contribution is -2.35. The third-order valence-corrected chi connectivity index (χ3v) is 2.23. The summed E-state index contributed by atoms with van der Waals surface area (Å²) < 4.78 is 0. The van der Waals surface area contributed by atoms with Crippen LogP contribution < -0.4 is 5.32 Å². The molecule has 0 saturated carbocycles. The van der Waals surface area contributed by atoms with Crippen molar-refractivity contribution < 1.29 is 4.79 Å². The van der Waals surface area contributed by atoms with Crippen LogP contribution in [0.5, 0.6) is 0 Å². The van der Waals surface area contributed by atoms with Crippen LogP contribution in [0.25, 0.3) is 0 Å². The summed E-state index contributed by atoms with van der Waals surface area (Å²) in [5.74, 6) is 0.190. The summed E-state index contributed by atoms with van der Waals surface area (Å²) in [4.78, 5) is 11.9. The molecule has 1 N–H and O–H groups in total. The molecule has 0 radical (unpaired) electrons. The minimum absolute atomic E-state index is 0.0394. The first-order valence-electron chi connectivity index (χ1n) is 5.12. The number of ketones is 1. The second kappa shape index (κ2) is 5.55. The van der Waals surface area contributed by atoms with E-state index in [1.807, 2.05) is 44.2 Å². The van der Waals surface area contributed by atoms with Crippen molar-refractivity contribution in [2.24, 2.45) is 0 Å². The molecule has 0 fully saturated rings. The van der Waals surface area contributed by atoms with E-state index >= 15 is 0 Å². The van der Waals surface area contributed by atoms with Gasteiger partial charge in [-0.3, -0.25) is 4.79 Å². The zero-order valence-corrected chi connectivity index (χ0v) is 8.79. The minimum Gasteiger partial charge on any atom is -0.307 e. The average Bonchev–Trinajstić information content (AvgIpc) is 2.26. The van der Waals surface area contributed by atoms with Crippen LogP contribution in [-0.2, 0) is 0 Å². The standard InChI is InChI=1S/C12H17NO/c1-3-11(13-4-2)12(14)10-8-6-5-7-9-10/h5-9,11,13H,3-4H2,1-2H3. The van der Waals surface area contributed by atoms with Gasteiger partial charge in [-0.25, -0.2) is 0 Å². The van der Waals surface area contributed by atoms with E-state index in [4.69, 9.17) is 0 Å². The molecule has 0 aliphatic carbocycles. The van der Waals surface area contributed by atoms with Gasteiger partial charge in [0.25, 0.3) is 0 Å². The third-order valence-electron chi connectivity index (χ3n) is 2.23. The Kier molecular flexibility index (Phi) is 4.33. The minimum atomic E-state index is -0.0394. The third kappa shape index (κ3) is 2.67. The van der Waals surface area contributed by atoms with Crippen LogP contribution in [0.3, 0.4) is 0 Å². The number of benzene rings is 1. The Morgan fingerprint density at radius 3 is 2.43 bits per heavy atom. The fourth-order valence-corrected chi connectivity index (χ4v) is 1.47. The molecule has 1 aromatic rings. The molecule has 0 saturated heterocycles. The Labute approximate surface area is 85.3 Å². The van der Waals surface area contributed by atoms with Gasteiger partial charge in [-0.15, -0.1) is 0 Å². The monoisotopic (exact) mass is 191 g/mol.